The van der Waals surface area contributed by atoms with Crippen LogP contribution < -0.4 is 9.57 Å². The summed E-state index contributed by atoms with van der Waals surface area (Å²) in [6.07, 6.45) is 4.23. The molecule has 2 aromatic rings. The molecule has 0 atom stereocenters. The van der Waals surface area contributed by atoms with Gasteiger partial charge in [-0.05, 0) is 42.0 Å². The number of fused-ring (bicyclic) bond motifs is 1. The average molecular weight is 350 g/mol. The summed E-state index contributed by atoms with van der Waals surface area (Å²) >= 11 is 5.57. The largest absolute Gasteiger partial charge is 0.461 e. The topological polar surface area (TPSA) is 39.1 Å². The van der Waals surface area contributed by atoms with E-state index in [0.717, 1.165) is 34.5 Å². The van der Waals surface area contributed by atoms with Crippen molar-refractivity contribution in [3.63, 3.8) is 0 Å². The first-order valence-corrected chi connectivity index (χ1v) is 8.49. The van der Waals surface area contributed by atoms with E-state index in [4.69, 9.17) is 16.5 Å². The molecule has 1 aromatic heterocycles. The maximum Gasteiger partial charge on any atom is 0.127 e. The number of halogens is 2. The molecule has 128 valence electrons. The van der Waals surface area contributed by atoms with Crippen molar-refractivity contribution in [2.24, 2.45) is 5.92 Å². The van der Waals surface area contributed by atoms with Gasteiger partial charge in [0.2, 0.25) is 0 Å². The Morgan fingerprint density at radius 3 is 2.96 bits per heavy atom. The minimum atomic E-state index is -0.144. The van der Waals surface area contributed by atoms with Gasteiger partial charge in [0.25, 0.3) is 0 Å². The van der Waals surface area contributed by atoms with Gasteiger partial charge in [0.15, 0.2) is 0 Å². The van der Waals surface area contributed by atoms with E-state index in [1.807, 2.05) is 29.1 Å². The number of benzene rings is 1. The maximum absolute atomic E-state index is 13.5. The SMILES string of the molecule is CC(C)Cn1ncc2cc(OC3=C(CNCl)C=C(F)CC3)ccc21. The van der Waals surface area contributed by atoms with Gasteiger partial charge in [-0.1, -0.05) is 13.8 Å². The molecule has 1 aliphatic carbocycles. The van der Waals surface area contributed by atoms with Gasteiger partial charge in [-0.25, -0.2) is 9.23 Å². The van der Waals surface area contributed by atoms with Crippen LogP contribution in [0.25, 0.3) is 10.9 Å². The van der Waals surface area contributed by atoms with Crippen LogP contribution in [-0.2, 0) is 6.54 Å². The molecule has 0 saturated heterocycles. The smallest absolute Gasteiger partial charge is 0.127 e. The highest BCUT2D eigenvalue weighted by Crippen LogP contribution is 2.29. The van der Waals surface area contributed by atoms with E-state index in [-0.39, 0.29) is 5.83 Å². The number of hydrogen-bond donors (Lipinski definition) is 1. The molecular formula is C18H21ClFN3O. The number of nitrogens with zero attached hydrogens (tertiary/aromatic N) is 2. The van der Waals surface area contributed by atoms with Crippen LogP contribution in [0.4, 0.5) is 4.39 Å². The van der Waals surface area contributed by atoms with Crippen LogP contribution in [-0.4, -0.2) is 16.3 Å². The summed E-state index contributed by atoms with van der Waals surface area (Å²) in [5.74, 6) is 1.86. The van der Waals surface area contributed by atoms with Crippen molar-refractivity contribution >= 4 is 22.7 Å². The van der Waals surface area contributed by atoms with E-state index in [1.54, 1.807) is 0 Å². The fourth-order valence-electron chi connectivity index (χ4n) is 2.84. The third-order valence-electron chi connectivity index (χ3n) is 3.93. The van der Waals surface area contributed by atoms with Crippen molar-refractivity contribution in [1.82, 2.24) is 14.6 Å². The van der Waals surface area contributed by atoms with E-state index in [1.165, 1.54) is 6.08 Å². The Morgan fingerprint density at radius 2 is 2.21 bits per heavy atom. The van der Waals surface area contributed by atoms with Crippen molar-refractivity contribution in [2.75, 3.05) is 6.54 Å². The molecule has 1 N–H and O–H groups in total. The van der Waals surface area contributed by atoms with Crippen molar-refractivity contribution in [3.05, 3.63) is 47.6 Å². The van der Waals surface area contributed by atoms with Crippen LogP contribution in [0.1, 0.15) is 26.7 Å². The number of nitrogens with one attached hydrogen (secondary N) is 1. The van der Waals surface area contributed by atoms with E-state index in [9.17, 15) is 4.39 Å². The Kier molecular flexibility index (Phi) is 5.21. The second-order valence-electron chi connectivity index (χ2n) is 6.39. The lowest BCUT2D eigenvalue weighted by molar-refractivity contribution is 0.385. The molecule has 6 heteroatoms. The summed E-state index contributed by atoms with van der Waals surface area (Å²) < 4.78 is 21.5. The van der Waals surface area contributed by atoms with Crippen molar-refractivity contribution < 1.29 is 9.13 Å². The molecule has 0 saturated carbocycles. The number of hydrogen-bond acceptors (Lipinski definition) is 3. The van der Waals surface area contributed by atoms with Crippen molar-refractivity contribution in [2.45, 2.75) is 33.2 Å². The van der Waals surface area contributed by atoms with Crippen LogP contribution in [0.3, 0.4) is 0 Å². The van der Waals surface area contributed by atoms with Gasteiger partial charge in [-0.2, -0.15) is 5.10 Å². The normalized spacial score (nSPS) is 15.3. The third-order valence-corrected chi connectivity index (χ3v) is 4.06. The van der Waals surface area contributed by atoms with Crippen LogP contribution in [0.5, 0.6) is 5.75 Å². The van der Waals surface area contributed by atoms with Crippen LogP contribution in [0.2, 0.25) is 0 Å². The molecule has 0 unspecified atom stereocenters. The van der Waals surface area contributed by atoms with Gasteiger partial charge in [-0.3, -0.25) is 4.68 Å². The molecule has 3 rings (SSSR count). The van der Waals surface area contributed by atoms with Crippen LogP contribution in [0, 0.1) is 5.92 Å². The molecule has 24 heavy (non-hydrogen) atoms. The Hall–Kier alpha value is -1.85. The van der Waals surface area contributed by atoms with E-state index in [0.29, 0.717) is 25.3 Å². The fourth-order valence-corrected chi connectivity index (χ4v) is 2.98. The fraction of sp³-hybridized carbons (Fsp3) is 0.389. The summed E-state index contributed by atoms with van der Waals surface area (Å²) in [7, 11) is 0. The summed E-state index contributed by atoms with van der Waals surface area (Å²) in [6, 6.07) is 5.90. The van der Waals surface area contributed by atoms with E-state index >= 15 is 0 Å². The van der Waals surface area contributed by atoms with Gasteiger partial charge in [-0.15, -0.1) is 0 Å². The predicted molar refractivity (Wildman–Crippen MR) is 94.5 cm³/mol. The Morgan fingerprint density at radius 1 is 1.38 bits per heavy atom. The van der Waals surface area contributed by atoms with Crippen LogP contribution in [0.15, 0.2) is 47.6 Å². The molecule has 0 spiro atoms. The van der Waals surface area contributed by atoms with Gasteiger partial charge >= 0.3 is 0 Å². The quantitative estimate of drug-likeness (QED) is 0.767. The number of aromatic nitrogens is 2. The average Bonchev–Trinajstić information content (AvgIpc) is 2.92. The van der Waals surface area contributed by atoms with Crippen molar-refractivity contribution in [1.29, 1.82) is 0 Å². The zero-order valence-electron chi connectivity index (χ0n) is 13.9. The molecule has 0 aliphatic heterocycles. The zero-order valence-corrected chi connectivity index (χ0v) is 14.6. The van der Waals surface area contributed by atoms with E-state index < -0.39 is 0 Å². The lowest BCUT2D eigenvalue weighted by atomic mass is 10.0. The first-order valence-electron chi connectivity index (χ1n) is 8.12. The third kappa shape index (κ3) is 3.79. The lowest BCUT2D eigenvalue weighted by Crippen LogP contribution is -2.12. The molecule has 0 bridgehead atoms. The summed E-state index contributed by atoms with van der Waals surface area (Å²) in [4.78, 5) is 2.53. The van der Waals surface area contributed by atoms with Crippen molar-refractivity contribution in [3.8, 4) is 5.75 Å². The highest BCUT2D eigenvalue weighted by Gasteiger charge is 2.16. The van der Waals surface area contributed by atoms with Crippen LogP contribution >= 0.6 is 11.8 Å². The van der Waals surface area contributed by atoms with Gasteiger partial charge < -0.3 is 4.74 Å². The molecule has 0 amide bonds. The Labute approximate surface area is 146 Å². The molecule has 0 fully saturated rings. The lowest BCUT2D eigenvalue weighted by Gasteiger charge is -2.17. The molecule has 0 radical (unpaired) electrons. The summed E-state index contributed by atoms with van der Waals surface area (Å²) in [5, 5.41) is 5.47. The highest BCUT2D eigenvalue weighted by atomic mass is 35.5. The minimum absolute atomic E-state index is 0.144. The minimum Gasteiger partial charge on any atom is -0.461 e. The van der Waals surface area contributed by atoms with Gasteiger partial charge in [0.05, 0.1) is 11.7 Å². The number of rotatable bonds is 6. The Balaban J connectivity index is 1.86. The molecule has 1 heterocycles. The number of allylic oxidation sites excluding steroid dienone is 2. The molecule has 1 aromatic carbocycles. The molecular weight excluding hydrogens is 329 g/mol. The monoisotopic (exact) mass is 349 g/mol. The second kappa shape index (κ2) is 7.36. The summed E-state index contributed by atoms with van der Waals surface area (Å²) in [6.45, 7) is 5.57. The highest BCUT2D eigenvalue weighted by molar-refractivity contribution is 6.13. The summed E-state index contributed by atoms with van der Waals surface area (Å²) in [5.41, 5.74) is 1.83. The van der Waals surface area contributed by atoms with Gasteiger partial charge in [0.1, 0.15) is 17.3 Å². The first-order chi connectivity index (χ1) is 11.6. The maximum atomic E-state index is 13.5. The number of ether oxygens (including phenoxy) is 1. The predicted octanol–water partition coefficient (Wildman–Crippen LogP) is 4.72. The molecule has 1 aliphatic rings. The van der Waals surface area contributed by atoms with Gasteiger partial charge in [0, 0.05) is 36.9 Å². The standard InChI is InChI=1S/C18H21ClFN3O/c1-12(2)11-23-17-5-4-16(8-13(17)10-22-23)24-18-6-3-15(20)7-14(18)9-21-19/h4-5,7-8,10,12,21H,3,6,9,11H2,1-2H3. The zero-order chi connectivity index (χ0) is 17.1. The Bertz CT molecular complexity index is 795. The van der Waals surface area contributed by atoms with E-state index in [2.05, 4.69) is 23.8 Å². The molecule has 4 nitrogen and oxygen atoms in total. The second-order valence-corrected chi connectivity index (χ2v) is 6.66. The first kappa shape index (κ1) is 17.0.